The first-order valence-electron chi connectivity index (χ1n) is 6.90. The van der Waals surface area contributed by atoms with Gasteiger partial charge in [-0.1, -0.05) is 30.4 Å². The van der Waals surface area contributed by atoms with Gasteiger partial charge in [-0.05, 0) is 37.3 Å². The van der Waals surface area contributed by atoms with E-state index in [1.165, 1.54) is 38.0 Å². The topological polar surface area (TPSA) is 15.3 Å². The molecule has 1 aliphatic carbocycles. The molecular weight excluding hydrogens is 208 g/mol. The molecule has 0 aromatic rings. The van der Waals surface area contributed by atoms with Gasteiger partial charge >= 0.3 is 0 Å². The Bertz CT molecular complexity index is 340. The third kappa shape index (κ3) is 2.70. The number of fused-ring (bicyclic) bond motifs is 1. The molecule has 0 aromatic heterocycles. The van der Waals surface area contributed by atoms with Gasteiger partial charge in [-0.2, -0.15) is 0 Å². The molecule has 1 N–H and O–H groups in total. The Morgan fingerprint density at radius 2 is 2.29 bits per heavy atom. The van der Waals surface area contributed by atoms with Crippen LogP contribution in [0.1, 0.15) is 19.3 Å². The van der Waals surface area contributed by atoms with Crippen LogP contribution in [0.15, 0.2) is 36.0 Å². The second-order valence-corrected chi connectivity index (χ2v) is 5.46. The molecule has 0 saturated carbocycles. The van der Waals surface area contributed by atoms with Crippen molar-refractivity contribution in [2.75, 3.05) is 26.2 Å². The first kappa shape index (κ1) is 11.2. The minimum absolute atomic E-state index is 0.759. The van der Waals surface area contributed by atoms with E-state index in [-0.39, 0.29) is 0 Å². The molecule has 2 heteroatoms. The Labute approximate surface area is 104 Å². The van der Waals surface area contributed by atoms with Crippen LogP contribution in [0.3, 0.4) is 0 Å². The fourth-order valence-corrected chi connectivity index (χ4v) is 3.25. The van der Waals surface area contributed by atoms with Crippen molar-refractivity contribution >= 4 is 0 Å². The largest absolute Gasteiger partial charge is 0.312 e. The van der Waals surface area contributed by atoms with Crippen LogP contribution in [0.25, 0.3) is 0 Å². The van der Waals surface area contributed by atoms with E-state index < -0.39 is 0 Å². The van der Waals surface area contributed by atoms with Crippen molar-refractivity contribution in [2.45, 2.75) is 25.3 Å². The van der Waals surface area contributed by atoms with Gasteiger partial charge in [0.25, 0.3) is 0 Å². The van der Waals surface area contributed by atoms with Gasteiger partial charge in [0.15, 0.2) is 0 Å². The first-order valence-corrected chi connectivity index (χ1v) is 6.90. The highest BCUT2D eigenvalue weighted by Crippen LogP contribution is 2.25. The maximum atomic E-state index is 3.67. The first-order chi connectivity index (χ1) is 8.42. The molecule has 3 rings (SSSR count). The van der Waals surface area contributed by atoms with Gasteiger partial charge in [0, 0.05) is 25.7 Å². The highest BCUT2D eigenvalue weighted by Gasteiger charge is 2.33. The zero-order valence-corrected chi connectivity index (χ0v) is 10.4. The Balaban J connectivity index is 1.59. The van der Waals surface area contributed by atoms with Gasteiger partial charge < -0.3 is 5.32 Å². The van der Waals surface area contributed by atoms with Crippen LogP contribution in [0.2, 0.25) is 0 Å². The van der Waals surface area contributed by atoms with Crippen LogP contribution in [0, 0.1) is 5.92 Å². The molecular formula is C15H22N2. The van der Waals surface area contributed by atoms with E-state index in [9.17, 15) is 0 Å². The fourth-order valence-electron chi connectivity index (χ4n) is 3.25. The monoisotopic (exact) mass is 230 g/mol. The molecule has 3 aliphatic rings. The van der Waals surface area contributed by atoms with Crippen LogP contribution in [-0.2, 0) is 0 Å². The lowest BCUT2D eigenvalue weighted by atomic mass is 9.94. The van der Waals surface area contributed by atoms with Gasteiger partial charge in [-0.15, -0.1) is 0 Å². The summed E-state index contributed by atoms with van der Waals surface area (Å²) in [6, 6.07) is 0.759. The number of allylic oxidation sites excluding steroid dienone is 4. The van der Waals surface area contributed by atoms with E-state index in [0.717, 1.165) is 24.9 Å². The van der Waals surface area contributed by atoms with Gasteiger partial charge in [-0.3, -0.25) is 4.90 Å². The number of likely N-dealkylation sites (tertiary alicyclic amines) is 1. The Kier molecular flexibility index (Phi) is 3.44. The average Bonchev–Trinajstić information content (AvgIpc) is 2.57. The molecule has 92 valence electrons. The molecule has 0 aromatic carbocycles. The van der Waals surface area contributed by atoms with E-state index >= 15 is 0 Å². The second kappa shape index (κ2) is 5.19. The van der Waals surface area contributed by atoms with Crippen molar-refractivity contribution in [3.05, 3.63) is 36.0 Å². The Hall–Kier alpha value is -0.860. The Morgan fingerprint density at radius 1 is 1.29 bits per heavy atom. The SMILES string of the molecule is C1=CCC=CC(CN2C[C@@H]3CCCN[C@@H]3C2)=C1. The summed E-state index contributed by atoms with van der Waals surface area (Å²) in [5, 5.41) is 3.67. The summed E-state index contributed by atoms with van der Waals surface area (Å²) in [7, 11) is 0. The van der Waals surface area contributed by atoms with Crippen LogP contribution < -0.4 is 5.32 Å². The number of hydrogen-bond donors (Lipinski definition) is 1. The molecule has 0 radical (unpaired) electrons. The highest BCUT2D eigenvalue weighted by molar-refractivity contribution is 5.28. The van der Waals surface area contributed by atoms with Crippen molar-refractivity contribution in [1.82, 2.24) is 10.2 Å². The van der Waals surface area contributed by atoms with Crippen LogP contribution >= 0.6 is 0 Å². The number of nitrogens with zero attached hydrogens (tertiary/aromatic N) is 1. The van der Waals surface area contributed by atoms with Crippen molar-refractivity contribution in [3.8, 4) is 0 Å². The third-order valence-electron chi connectivity index (χ3n) is 4.13. The standard InChI is InChI=1S/C15H22N2/c1-2-4-7-13(6-3-1)10-17-11-14-8-5-9-16-15(14)12-17/h1,3-4,6-7,14-16H,2,5,8-12H2/t14-,15+/m0/s1. The molecule has 0 bridgehead atoms. The summed E-state index contributed by atoms with van der Waals surface area (Å²) in [4.78, 5) is 2.61. The van der Waals surface area contributed by atoms with Gasteiger partial charge in [0.1, 0.15) is 0 Å². The smallest absolute Gasteiger partial charge is 0.0235 e. The predicted octanol–water partition coefficient (Wildman–Crippen LogP) is 2.11. The quantitative estimate of drug-likeness (QED) is 0.781. The second-order valence-electron chi connectivity index (χ2n) is 5.46. The fraction of sp³-hybridized carbons (Fsp3) is 0.600. The summed E-state index contributed by atoms with van der Waals surface area (Å²) in [5.41, 5.74) is 1.46. The molecule has 17 heavy (non-hydrogen) atoms. The van der Waals surface area contributed by atoms with Crippen molar-refractivity contribution in [1.29, 1.82) is 0 Å². The molecule has 0 unspecified atom stereocenters. The van der Waals surface area contributed by atoms with E-state index in [4.69, 9.17) is 0 Å². The molecule has 2 heterocycles. The molecule has 2 fully saturated rings. The van der Waals surface area contributed by atoms with E-state index in [1.807, 2.05) is 0 Å². The highest BCUT2D eigenvalue weighted by atomic mass is 15.2. The van der Waals surface area contributed by atoms with Crippen molar-refractivity contribution in [3.63, 3.8) is 0 Å². The Morgan fingerprint density at radius 3 is 3.24 bits per heavy atom. The normalized spacial score (nSPS) is 33.3. The summed E-state index contributed by atoms with van der Waals surface area (Å²) in [6.07, 6.45) is 15.1. The lowest BCUT2D eigenvalue weighted by Crippen LogP contribution is -2.40. The van der Waals surface area contributed by atoms with Gasteiger partial charge in [-0.25, -0.2) is 0 Å². The lowest BCUT2D eigenvalue weighted by Gasteiger charge is -2.24. The summed E-state index contributed by atoms with van der Waals surface area (Å²) in [6.45, 7) is 4.86. The maximum Gasteiger partial charge on any atom is 0.0235 e. The average molecular weight is 230 g/mol. The number of nitrogens with one attached hydrogen (secondary N) is 1. The summed E-state index contributed by atoms with van der Waals surface area (Å²) in [5.74, 6) is 0.898. The molecule has 2 atom stereocenters. The van der Waals surface area contributed by atoms with Gasteiger partial charge in [0.05, 0.1) is 0 Å². The van der Waals surface area contributed by atoms with Crippen LogP contribution in [-0.4, -0.2) is 37.1 Å². The van der Waals surface area contributed by atoms with Crippen LogP contribution in [0.4, 0.5) is 0 Å². The number of rotatable bonds is 2. The summed E-state index contributed by atoms with van der Waals surface area (Å²) >= 11 is 0. The molecule has 2 saturated heterocycles. The predicted molar refractivity (Wildman–Crippen MR) is 71.9 cm³/mol. The van der Waals surface area contributed by atoms with Crippen LogP contribution in [0.5, 0.6) is 0 Å². The van der Waals surface area contributed by atoms with E-state index in [2.05, 4.69) is 40.6 Å². The lowest BCUT2D eigenvalue weighted by molar-refractivity contribution is 0.334. The number of piperidine rings is 1. The molecule has 2 nitrogen and oxygen atoms in total. The molecule has 0 spiro atoms. The zero-order chi connectivity index (χ0) is 11.5. The van der Waals surface area contributed by atoms with Crippen molar-refractivity contribution in [2.24, 2.45) is 5.92 Å². The number of hydrogen-bond acceptors (Lipinski definition) is 2. The minimum atomic E-state index is 0.759. The minimum Gasteiger partial charge on any atom is -0.312 e. The summed E-state index contributed by atoms with van der Waals surface area (Å²) < 4.78 is 0. The third-order valence-corrected chi connectivity index (χ3v) is 4.13. The molecule has 0 amide bonds. The van der Waals surface area contributed by atoms with E-state index in [1.54, 1.807) is 0 Å². The van der Waals surface area contributed by atoms with Gasteiger partial charge in [0.2, 0.25) is 0 Å². The van der Waals surface area contributed by atoms with Crippen molar-refractivity contribution < 1.29 is 0 Å². The maximum absolute atomic E-state index is 3.67. The van der Waals surface area contributed by atoms with E-state index in [0.29, 0.717) is 0 Å². The zero-order valence-electron chi connectivity index (χ0n) is 10.4. The molecule has 2 aliphatic heterocycles.